The molecule has 0 saturated carbocycles. The summed E-state index contributed by atoms with van der Waals surface area (Å²) in [7, 11) is 0. The summed E-state index contributed by atoms with van der Waals surface area (Å²) in [5, 5.41) is 0. The van der Waals surface area contributed by atoms with E-state index in [0.717, 1.165) is 15.6 Å². The molecule has 2 rings (SSSR count). The molecule has 0 aliphatic rings. The maximum absolute atomic E-state index is 13.7. The molecule has 2 aromatic carbocycles. The van der Waals surface area contributed by atoms with Crippen LogP contribution in [0.4, 0.5) is 4.39 Å². The number of hydrogen-bond donors (Lipinski definition) is 0. The van der Waals surface area contributed by atoms with Crippen molar-refractivity contribution in [2.45, 2.75) is 11.8 Å². The molecule has 0 nitrogen and oxygen atoms in total. The first kappa shape index (κ1) is 17.3. The van der Waals surface area contributed by atoms with Crippen molar-refractivity contribution in [1.29, 1.82) is 0 Å². The van der Waals surface area contributed by atoms with Crippen molar-refractivity contribution < 1.29 is 4.39 Å². The molecule has 0 heterocycles. The fourth-order valence-electron chi connectivity index (χ4n) is 2.31. The third-order valence-electron chi connectivity index (χ3n) is 3.52. The zero-order valence-corrected chi connectivity index (χ0v) is 15.7. The third kappa shape index (κ3) is 3.64. The number of halogens is 5. The van der Waals surface area contributed by atoms with E-state index in [0.29, 0.717) is 22.7 Å². The standard InChI is InChI=1S/C16H13Br2Cl2F/c17-13-6-2-1-5-12(13)16(9-19,10-20)8-11-4-3-7-14(21)15(11)18/h1-7H,8-10H2. The molecule has 2 aromatic rings. The molecular formula is C16H13Br2Cl2F. The van der Waals surface area contributed by atoms with E-state index >= 15 is 0 Å². The molecule has 0 radical (unpaired) electrons. The summed E-state index contributed by atoms with van der Waals surface area (Å²) in [6.45, 7) is 0. The van der Waals surface area contributed by atoms with Crippen LogP contribution in [0, 0.1) is 5.82 Å². The van der Waals surface area contributed by atoms with Crippen molar-refractivity contribution in [3.05, 3.63) is 68.4 Å². The van der Waals surface area contributed by atoms with E-state index in [2.05, 4.69) is 31.9 Å². The molecule has 21 heavy (non-hydrogen) atoms. The fraction of sp³-hybridized carbons (Fsp3) is 0.250. The van der Waals surface area contributed by atoms with E-state index in [1.807, 2.05) is 30.3 Å². The smallest absolute Gasteiger partial charge is 0.137 e. The van der Waals surface area contributed by atoms with Gasteiger partial charge in [0.1, 0.15) is 5.82 Å². The fourth-order valence-corrected chi connectivity index (χ4v) is 4.18. The summed E-state index contributed by atoms with van der Waals surface area (Å²) in [6.07, 6.45) is 0.557. The van der Waals surface area contributed by atoms with Gasteiger partial charge in [-0.05, 0) is 45.6 Å². The van der Waals surface area contributed by atoms with Crippen LogP contribution in [0.2, 0.25) is 0 Å². The van der Waals surface area contributed by atoms with Gasteiger partial charge in [-0.3, -0.25) is 0 Å². The highest BCUT2D eigenvalue weighted by molar-refractivity contribution is 9.10. The second-order valence-corrected chi connectivity index (χ2v) is 7.10. The van der Waals surface area contributed by atoms with Gasteiger partial charge in [0.15, 0.2) is 0 Å². The van der Waals surface area contributed by atoms with Crippen LogP contribution in [0.25, 0.3) is 0 Å². The number of rotatable bonds is 5. The van der Waals surface area contributed by atoms with Gasteiger partial charge in [0, 0.05) is 21.6 Å². The van der Waals surface area contributed by atoms with Crippen LogP contribution in [-0.4, -0.2) is 11.8 Å². The van der Waals surface area contributed by atoms with Gasteiger partial charge in [-0.2, -0.15) is 0 Å². The lowest BCUT2D eigenvalue weighted by Gasteiger charge is -2.32. The number of alkyl halides is 2. The molecule has 0 aromatic heterocycles. The minimum Gasteiger partial charge on any atom is -0.206 e. The second-order valence-electron chi connectivity index (χ2n) is 4.92. The molecule has 0 unspecified atom stereocenters. The van der Waals surface area contributed by atoms with Crippen LogP contribution in [-0.2, 0) is 11.8 Å². The zero-order valence-electron chi connectivity index (χ0n) is 11.1. The van der Waals surface area contributed by atoms with Crippen LogP contribution in [0.15, 0.2) is 51.4 Å². The van der Waals surface area contributed by atoms with Crippen molar-refractivity contribution in [2.75, 3.05) is 11.8 Å². The lowest BCUT2D eigenvalue weighted by Crippen LogP contribution is -2.34. The lowest BCUT2D eigenvalue weighted by molar-refractivity contribution is 0.528. The Morgan fingerprint density at radius 1 is 0.952 bits per heavy atom. The highest BCUT2D eigenvalue weighted by Crippen LogP contribution is 2.37. The SMILES string of the molecule is Fc1cccc(CC(CCl)(CCl)c2ccccc2Br)c1Br. The first-order chi connectivity index (χ1) is 10.0. The Labute approximate surface area is 150 Å². The average Bonchev–Trinajstić information content (AvgIpc) is 2.50. The van der Waals surface area contributed by atoms with Gasteiger partial charge < -0.3 is 0 Å². The van der Waals surface area contributed by atoms with Gasteiger partial charge in [-0.1, -0.05) is 46.3 Å². The van der Waals surface area contributed by atoms with Crippen molar-refractivity contribution >= 4 is 55.1 Å². The van der Waals surface area contributed by atoms with Crippen molar-refractivity contribution in [3.8, 4) is 0 Å². The zero-order chi connectivity index (χ0) is 15.5. The van der Waals surface area contributed by atoms with E-state index in [1.54, 1.807) is 6.07 Å². The largest absolute Gasteiger partial charge is 0.206 e. The van der Waals surface area contributed by atoms with Gasteiger partial charge in [-0.25, -0.2) is 4.39 Å². The van der Waals surface area contributed by atoms with E-state index in [9.17, 15) is 4.39 Å². The molecule has 0 aliphatic carbocycles. The Hall–Kier alpha value is -0.0900. The summed E-state index contributed by atoms with van der Waals surface area (Å²) < 4.78 is 15.1. The summed E-state index contributed by atoms with van der Waals surface area (Å²) in [5.41, 5.74) is 1.43. The topological polar surface area (TPSA) is 0 Å². The Kier molecular flexibility index (Phi) is 6.13. The van der Waals surface area contributed by atoms with Gasteiger partial charge in [0.25, 0.3) is 0 Å². The van der Waals surface area contributed by atoms with Crippen molar-refractivity contribution in [3.63, 3.8) is 0 Å². The minimum atomic E-state index is -0.459. The molecule has 0 aliphatic heterocycles. The van der Waals surface area contributed by atoms with Crippen LogP contribution in [0.1, 0.15) is 11.1 Å². The summed E-state index contributed by atoms with van der Waals surface area (Å²) in [5.74, 6) is 0.419. The minimum absolute atomic E-state index is 0.280. The maximum atomic E-state index is 13.7. The first-order valence-electron chi connectivity index (χ1n) is 6.34. The Morgan fingerprint density at radius 2 is 1.62 bits per heavy atom. The van der Waals surface area contributed by atoms with Gasteiger partial charge in [0.05, 0.1) is 4.47 Å². The number of benzene rings is 2. The molecule has 0 saturated heterocycles. The molecule has 0 spiro atoms. The van der Waals surface area contributed by atoms with Crippen LogP contribution in [0.5, 0.6) is 0 Å². The van der Waals surface area contributed by atoms with Crippen molar-refractivity contribution in [2.24, 2.45) is 0 Å². The molecule has 0 bridgehead atoms. The molecule has 5 heteroatoms. The molecule has 112 valence electrons. The summed E-state index contributed by atoms with van der Waals surface area (Å²) in [6, 6.07) is 12.9. The Morgan fingerprint density at radius 3 is 2.24 bits per heavy atom. The second kappa shape index (κ2) is 7.45. The number of hydrogen-bond acceptors (Lipinski definition) is 0. The molecule has 0 atom stereocenters. The molecular weight excluding hydrogens is 442 g/mol. The van der Waals surface area contributed by atoms with E-state index < -0.39 is 5.41 Å². The highest BCUT2D eigenvalue weighted by Gasteiger charge is 2.33. The van der Waals surface area contributed by atoms with Crippen LogP contribution < -0.4 is 0 Å². The van der Waals surface area contributed by atoms with Gasteiger partial charge in [-0.15, -0.1) is 23.2 Å². The molecule has 0 amide bonds. The average molecular weight is 455 g/mol. The van der Waals surface area contributed by atoms with E-state index in [1.165, 1.54) is 6.07 Å². The Balaban J connectivity index is 2.49. The predicted molar refractivity (Wildman–Crippen MR) is 95.1 cm³/mol. The summed E-state index contributed by atoms with van der Waals surface area (Å²) in [4.78, 5) is 0. The van der Waals surface area contributed by atoms with Gasteiger partial charge >= 0.3 is 0 Å². The van der Waals surface area contributed by atoms with Gasteiger partial charge in [0.2, 0.25) is 0 Å². The van der Waals surface area contributed by atoms with E-state index in [4.69, 9.17) is 23.2 Å². The predicted octanol–water partition coefficient (Wildman–Crippen LogP) is 6.31. The van der Waals surface area contributed by atoms with E-state index in [-0.39, 0.29) is 5.82 Å². The normalized spacial score (nSPS) is 11.7. The molecule has 0 fully saturated rings. The van der Waals surface area contributed by atoms with Crippen LogP contribution >= 0.6 is 55.1 Å². The van der Waals surface area contributed by atoms with Crippen molar-refractivity contribution in [1.82, 2.24) is 0 Å². The van der Waals surface area contributed by atoms with Crippen LogP contribution in [0.3, 0.4) is 0 Å². The first-order valence-corrected chi connectivity index (χ1v) is 8.99. The Bertz CT molecular complexity index is 627. The lowest BCUT2D eigenvalue weighted by atomic mass is 9.78. The summed E-state index contributed by atoms with van der Waals surface area (Å²) >= 11 is 19.4. The maximum Gasteiger partial charge on any atom is 0.137 e. The third-order valence-corrected chi connectivity index (χ3v) is 6.12. The highest BCUT2D eigenvalue weighted by atomic mass is 79.9. The quantitative estimate of drug-likeness (QED) is 0.464. The monoisotopic (exact) mass is 452 g/mol. The molecule has 0 N–H and O–H groups in total.